The van der Waals surface area contributed by atoms with Crippen LogP contribution in [0.4, 0.5) is 0 Å². The Hall–Kier alpha value is -1.10. The largest absolute Gasteiger partial charge is 0.480 e. The van der Waals surface area contributed by atoms with E-state index in [1.54, 1.807) is 0 Å². The van der Waals surface area contributed by atoms with Gasteiger partial charge in [-0.2, -0.15) is 0 Å². The van der Waals surface area contributed by atoms with E-state index in [4.69, 9.17) is 9.84 Å². The minimum atomic E-state index is -1.01. The Kier molecular flexibility index (Phi) is 3.46. The summed E-state index contributed by atoms with van der Waals surface area (Å²) in [5.74, 6) is -1.25. The van der Waals surface area contributed by atoms with Gasteiger partial charge in [-0.15, -0.1) is 0 Å². The lowest BCUT2D eigenvalue weighted by molar-refractivity contribution is -0.148. The zero-order valence-electron chi connectivity index (χ0n) is 8.40. The van der Waals surface area contributed by atoms with Gasteiger partial charge in [0, 0.05) is 7.05 Å². The molecule has 80 valence electrons. The molecule has 0 radical (unpaired) electrons. The number of carboxylic acid groups (broad SMARTS) is 1. The average Bonchev–Trinajstić information content (AvgIpc) is 2.49. The molecule has 1 N–H and O–H groups in total. The van der Waals surface area contributed by atoms with E-state index in [2.05, 4.69) is 0 Å². The second-order valence-electron chi connectivity index (χ2n) is 3.60. The Balaban J connectivity index is 2.44. The predicted molar refractivity (Wildman–Crippen MR) is 48.8 cm³/mol. The second kappa shape index (κ2) is 4.41. The third kappa shape index (κ3) is 2.70. The number of carboxylic acids is 1. The molecule has 0 unspecified atom stereocenters. The van der Waals surface area contributed by atoms with Gasteiger partial charge in [-0.1, -0.05) is 0 Å². The Bertz CT molecular complexity index is 241. The third-order valence-corrected chi connectivity index (χ3v) is 2.26. The van der Waals surface area contributed by atoms with Crippen LogP contribution < -0.4 is 0 Å². The number of nitrogens with zero attached hydrogens (tertiary/aromatic N) is 1. The first-order chi connectivity index (χ1) is 6.50. The SMILES string of the molecule is C[C@@H]1CC[C@H](C(=O)N(C)CC(=O)O)O1. The highest BCUT2D eigenvalue weighted by atomic mass is 16.5. The van der Waals surface area contributed by atoms with Gasteiger partial charge in [0.25, 0.3) is 5.91 Å². The van der Waals surface area contributed by atoms with Crippen LogP contribution in [0, 0.1) is 0 Å². The van der Waals surface area contributed by atoms with Crippen molar-refractivity contribution in [3.63, 3.8) is 0 Å². The van der Waals surface area contributed by atoms with Crippen molar-refractivity contribution in [3.8, 4) is 0 Å². The van der Waals surface area contributed by atoms with E-state index in [0.717, 1.165) is 6.42 Å². The monoisotopic (exact) mass is 201 g/mol. The van der Waals surface area contributed by atoms with Gasteiger partial charge in [0.1, 0.15) is 12.6 Å². The Labute approximate surface area is 82.6 Å². The topological polar surface area (TPSA) is 66.8 Å². The van der Waals surface area contributed by atoms with Crippen LogP contribution in [0.3, 0.4) is 0 Å². The van der Waals surface area contributed by atoms with Gasteiger partial charge < -0.3 is 14.7 Å². The minimum absolute atomic E-state index is 0.0992. The van der Waals surface area contributed by atoms with Crippen LogP contribution in [0.25, 0.3) is 0 Å². The van der Waals surface area contributed by atoms with Gasteiger partial charge in [0.05, 0.1) is 6.10 Å². The number of carbonyl (C=O) groups excluding carboxylic acids is 1. The number of hydrogen-bond donors (Lipinski definition) is 1. The van der Waals surface area contributed by atoms with Crippen molar-refractivity contribution in [1.29, 1.82) is 0 Å². The Morgan fingerprint density at radius 2 is 2.14 bits per heavy atom. The molecule has 5 nitrogen and oxygen atoms in total. The molecule has 0 aliphatic carbocycles. The maximum atomic E-state index is 11.6. The molecule has 1 fully saturated rings. The Morgan fingerprint density at radius 3 is 2.57 bits per heavy atom. The molecule has 0 aromatic carbocycles. The smallest absolute Gasteiger partial charge is 0.323 e. The zero-order chi connectivity index (χ0) is 10.7. The van der Waals surface area contributed by atoms with Crippen LogP contribution in [0.1, 0.15) is 19.8 Å². The third-order valence-electron chi connectivity index (χ3n) is 2.26. The summed E-state index contributed by atoms with van der Waals surface area (Å²) in [4.78, 5) is 23.1. The van der Waals surface area contributed by atoms with E-state index in [0.29, 0.717) is 6.42 Å². The van der Waals surface area contributed by atoms with Gasteiger partial charge in [0.2, 0.25) is 0 Å². The van der Waals surface area contributed by atoms with Crippen molar-refractivity contribution < 1.29 is 19.4 Å². The molecule has 1 amide bonds. The molecule has 14 heavy (non-hydrogen) atoms. The molecule has 0 saturated carbocycles. The van der Waals surface area contributed by atoms with E-state index in [1.165, 1.54) is 11.9 Å². The first kappa shape index (κ1) is 11.0. The van der Waals surface area contributed by atoms with Crippen LogP contribution in [-0.2, 0) is 14.3 Å². The number of aliphatic carboxylic acids is 1. The molecule has 1 aliphatic rings. The zero-order valence-corrected chi connectivity index (χ0v) is 8.40. The normalized spacial score (nSPS) is 26.1. The van der Waals surface area contributed by atoms with Crippen LogP contribution >= 0.6 is 0 Å². The van der Waals surface area contributed by atoms with Crippen LogP contribution in [0.15, 0.2) is 0 Å². The summed E-state index contributed by atoms with van der Waals surface area (Å²) in [5.41, 5.74) is 0. The van der Waals surface area contributed by atoms with E-state index in [9.17, 15) is 9.59 Å². The lowest BCUT2D eigenvalue weighted by Crippen LogP contribution is -2.39. The fourth-order valence-electron chi connectivity index (χ4n) is 1.51. The summed E-state index contributed by atoms with van der Waals surface area (Å²) in [6.07, 6.45) is 1.19. The van der Waals surface area contributed by atoms with Gasteiger partial charge in [0.15, 0.2) is 0 Å². The van der Waals surface area contributed by atoms with Crippen LogP contribution in [0.2, 0.25) is 0 Å². The number of rotatable bonds is 3. The number of carbonyl (C=O) groups is 2. The number of likely N-dealkylation sites (N-methyl/N-ethyl adjacent to an activating group) is 1. The van der Waals surface area contributed by atoms with Gasteiger partial charge in [-0.05, 0) is 19.8 Å². The van der Waals surface area contributed by atoms with Crippen molar-refractivity contribution in [2.75, 3.05) is 13.6 Å². The molecular weight excluding hydrogens is 186 g/mol. The Morgan fingerprint density at radius 1 is 1.50 bits per heavy atom. The quantitative estimate of drug-likeness (QED) is 0.703. The van der Waals surface area contributed by atoms with Crippen molar-refractivity contribution in [2.45, 2.75) is 32.0 Å². The molecule has 2 atom stereocenters. The molecule has 1 aliphatic heterocycles. The second-order valence-corrected chi connectivity index (χ2v) is 3.60. The minimum Gasteiger partial charge on any atom is -0.480 e. The van der Waals surface area contributed by atoms with E-state index in [-0.39, 0.29) is 18.6 Å². The van der Waals surface area contributed by atoms with Crippen molar-refractivity contribution in [3.05, 3.63) is 0 Å². The lowest BCUT2D eigenvalue weighted by atomic mass is 10.2. The highest BCUT2D eigenvalue weighted by Crippen LogP contribution is 2.20. The molecule has 1 rings (SSSR count). The van der Waals surface area contributed by atoms with E-state index >= 15 is 0 Å². The lowest BCUT2D eigenvalue weighted by Gasteiger charge is -2.18. The number of hydrogen-bond acceptors (Lipinski definition) is 3. The molecule has 0 aromatic heterocycles. The highest BCUT2D eigenvalue weighted by Gasteiger charge is 2.30. The highest BCUT2D eigenvalue weighted by molar-refractivity contribution is 5.84. The molecule has 0 aromatic rings. The standard InChI is InChI=1S/C9H15NO4/c1-6-3-4-7(14-6)9(13)10(2)5-8(11)12/h6-7H,3-5H2,1-2H3,(H,11,12)/t6-,7-/m1/s1. The number of amides is 1. The van der Waals surface area contributed by atoms with Crippen molar-refractivity contribution in [2.24, 2.45) is 0 Å². The molecule has 0 bridgehead atoms. The first-order valence-electron chi connectivity index (χ1n) is 4.63. The summed E-state index contributed by atoms with van der Waals surface area (Å²) >= 11 is 0. The average molecular weight is 201 g/mol. The molecule has 5 heteroatoms. The van der Waals surface area contributed by atoms with Gasteiger partial charge in [-0.3, -0.25) is 9.59 Å². The number of ether oxygens (including phenoxy) is 1. The summed E-state index contributed by atoms with van der Waals surface area (Å²) in [7, 11) is 1.48. The molecule has 0 spiro atoms. The first-order valence-corrected chi connectivity index (χ1v) is 4.63. The maximum Gasteiger partial charge on any atom is 0.323 e. The van der Waals surface area contributed by atoms with Crippen molar-refractivity contribution >= 4 is 11.9 Å². The van der Waals surface area contributed by atoms with E-state index in [1.807, 2.05) is 6.92 Å². The summed E-state index contributed by atoms with van der Waals surface area (Å²) in [5, 5.41) is 8.49. The maximum absolute atomic E-state index is 11.6. The van der Waals surface area contributed by atoms with Crippen molar-refractivity contribution in [1.82, 2.24) is 4.90 Å². The molecular formula is C9H15NO4. The van der Waals surface area contributed by atoms with Gasteiger partial charge in [-0.25, -0.2) is 0 Å². The summed E-state index contributed by atoms with van der Waals surface area (Å²) in [6.45, 7) is 1.64. The fraction of sp³-hybridized carbons (Fsp3) is 0.778. The van der Waals surface area contributed by atoms with Gasteiger partial charge >= 0.3 is 5.97 Å². The summed E-state index contributed by atoms with van der Waals surface area (Å²) < 4.78 is 5.34. The fourth-order valence-corrected chi connectivity index (χ4v) is 1.51. The predicted octanol–water partition coefficient (Wildman–Crippen LogP) is 0.0969. The van der Waals surface area contributed by atoms with Crippen LogP contribution in [-0.4, -0.2) is 47.7 Å². The molecule has 1 heterocycles. The summed E-state index contributed by atoms with van der Waals surface area (Å²) in [6, 6.07) is 0. The van der Waals surface area contributed by atoms with Crippen LogP contribution in [0.5, 0.6) is 0 Å². The van der Waals surface area contributed by atoms with E-state index < -0.39 is 12.1 Å². The molecule has 1 saturated heterocycles.